The van der Waals surface area contributed by atoms with E-state index in [0.717, 1.165) is 12.0 Å². The summed E-state index contributed by atoms with van der Waals surface area (Å²) in [6.07, 6.45) is 0.722. The Bertz CT molecular complexity index is 380. The Hall–Kier alpha value is -1.06. The van der Waals surface area contributed by atoms with E-state index in [1.807, 2.05) is 25.1 Å². The average Bonchev–Trinajstić information content (AvgIpc) is 2.25. The topological polar surface area (TPSA) is 55.1 Å². The zero-order valence-electron chi connectivity index (χ0n) is 11.3. The van der Waals surface area contributed by atoms with Crippen molar-refractivity contribution < 1.29 is 4.79 Å². The van der Waals surface area contributed by atoms with Crippen LogP contribution >= 0.6 is 12.4 Å². The van der Waals surface area contributed by atoms with Gasteiger partial charge in [-0.05, 0) is 24.8 Å². The highest BCUT2D eigenvalue weighted by Gasteiger charge is 2.14. The molecule has 0 bridgehead atoms. The zero-order chi connectivity index (χ0) is 12.8. The van der Waals surface area contributed by atoms with E-state index in [1.54, 1.807) is 0 Å². The molecule has 18 heavy (non-hydrogen) atoms. The molecule has 0 spiro atoms. The fourth-order valence-corrected chi connectivity index (χ4v) is 1.76. The van der Waals surface area contributed by atoms with Crippen LogP contribution in [0.3, 0.4) is 0 Å². The molecule has 0 aliphatic carbocycles. The SMILES string of the molecule is Cc1cccc(CNC(=O)[C@@H](N)CC(C)C)c1.Cl. The van der Waals surface area contributed by atoms with Crippen molar-refractivity contribution in [2.45, 2.75) is 39.8 Å². The molecule has 0 aliphatic heterocycles. The van der Waals surface area contributed by atoms with Crippen molar-refractivity contribution in [1.82, 2.24) is 5.32 Å². The second-order valence-electron chi connectivity index (χ2n) is 4.94. The molecule has 1 aromatic carbocycles. The van der Waals surface area contributed by atoms with E-state index in [1.165, 1.54) is 5.56 Å². The normalized spacial score (nSPS) is 11.8. The maximum Gasteiger partial charge on any atom is 0.237 e. The molecule has 102 valence electrons. The number of rotatable bonds is 5. The third-order valence-electron chi connectivity index (χ3n) is 2.61. The molecule has 0 heterocycles. The molecule has 1 aromatic rings. The fraction of sp³-hybridized carbons (Fsp3) is 0.500. The molecule has 3 N–H and O–H groups in total. The van der Waals surface area contributed by atoms with E-state index >= 15 is 0 Å². The van der Waals surface area contributed by atoms with Gasteiger partial charge in [-0.3, -0.25) is 4.79 Å². The number of hydrogen-bond acceptors (Lipinski definition) is 2. The predicted octanol–water partition coefficient (Wildman–Crippen LogP) is 2.41. The molecule has 0 unspecified atom stereocenters. The van der Waals surface area contributed by atoms with Gasteiger partial charge in [-0.15, -0.1) is 12.4 Å². The van der Waals surface area contributed by atoms with Crippen LogP contribution in [0.2, 0.25) is 0 Å². The van der Waals surface area contributed by atoms with E-state index in [9.17, 15) is 4.79 Å². The summed E-state index contributed by atoms with van der Waals surface area (Å²) >= 11 is 0. The van der Waals surface area contributed by atoms with Gasteiger partial charge < -0.3 is 11.1 Å². The zero-order valence-corrected chi connectivity index (χ0v) is 12.1. The van der Waals surface area contributed by atoms with Gasteiger partial charge in [0.1, 0.15) is 0 Å². The Morgan fingerprint density at radius 2 is 2.06 bits per heavy atom. The number of aryl methyl sites for hydroxylation is 1. The Kier molecular flexibility index (Phi) is 7.64. The van der Waals surface area contributed by atoms with Gasteiger partial charge in [0.15, 0.2) is 0 Å². The van der Waals surface area contributed by atoms with Crippen molar-refractivity contribution in [2.75, 3.05) is 0 Å². The first-order chi connectivity index (χ1) is 7.99. The summed E-state index contributed by atoms with van der Waals surface area (Å²) in [6, 6.07) is 7.69. The van der Waals surface area contributed by atoms with Crippen LogP contribution in [0, 0.1) is 12.8 Å². The third-order valence-corrected chi connectivity index (χ3v) is 2.61. The van der Waals surface area contributed by atoms with Gasteiger partial charge >= 0.3 is 0 Å². The molecule has 0 saturated heterocycles. The second-order valence-corrected chi connectivity index (χ2v) is 4.94. The van der Waals surface area contributed by atoms with Crippen molar-refractivity contribution in [3.05, 3.63) is 35.4 Å². The molecule has 0 saturated carbocycles. The number of amides is 1. The van der Waals surface area contributed by atoms with Gasteiger partial charge in [0.2, 0.25) is 5.91 Å². The minimum Gasteiger partial charge on any atom is -0.351 e. The van der Waals surface area contributed by atoms with Gasteiger partial charge in [-0.25, -0.2) is 0 Å². The summed E-state index contributed by atoms with van der Waals surface area (Å²) in [6.45, 7) is 6.71. The van der Waals surface area contributed by atoms with Crippen LogP contribution in [0.15, 0.2) is 24.3 Å². The first kappa shape index (κ1) is 16.9. The molecule has 1 amide bonds. The summed E-state index contributed by atoms with van der Waals surface area (Å²) in [5, 5.41) is 2.87. The lowest BCUT2D eigenvalue weighted by Gasteiger charge is -2.14. The number of halogens is 1. The maximum atomic E-state index is 11.7. The van der Waals surface area contributed by atoms with E-state index < -0.39 is 6.04 Å². The number of hydrogen-bond donors (Lipinski definition) is 2. The number of benzene rings is 1. The summed E-state index contributed by atoms with van der Waals surface area (Å²) in [4.78, 5) is 11.7. The molecular weight excluding hydrogens is 248 g/mol. The van der Waals surface area contributed by atoms with E-state index in [2.05, 4.69) is 25.2 Å². The number of nitrogens with one attached hydrogen (secondary N) is 1. The van der Waals surface area contributed by atoms with E-state index in [4.69, 9.17) is 5.73 Å². The predicted molar refractivity (Wildman–Crippen MR) is 77.7 cm³/mol. The van der Waals surface area contributed by atoms with Gasteiger partial charge in [0.25, 0.3) is 0 Å². The number of carbonyl (C=O) groups excluding carboxylic acids is 1. The Morgan fingerprint density at radius 3 is 2.61 bits per heavy atom. The summed E-state index contributed by atoms with van der Waals surface area (Å²) in [5.41, 5.74) is 8.10. The second kappa shape index (κ2) is 8.11. The Morgan fingerprint density at radius 1 is 1.39 bits per heavy atom. The van der Waals surface area contributed by atoms with Gasteiger partial charge in [0.05, 0.1) is 6.04 Å². The van der Waals surface area contributed by atoms with Gasteiger partial charge in [0, 0.05) is 6.54 Å². The quantitative estimate of drug-likeness (QED) is 0.863. The molecule has 0 aromatic heterocycles. The molecule has 4 heteroatoms. The van der Waals surface area contributed by atoms with Crippen LogP contribution in [0.1, 0.15) is 31.4 Å². The Balaban J connectivity index is 0.00000289. The molecular formula is C14H23ClN2O. The minimum atomic E-state index is -0.403. The van der Waals surface area contributed by atoms with E-state index in [0.29, 0.717) is 12.5 Å². The van der Waals surface area contributed by atoms with Gasteiger partial charge in [-0.1, -0.05) is 43.7 Å². The highest BCUT2D eigenvalue weighted by Crippen LogP contribution is 2.05. The van der Waals surface area contributed by atoms with Crippen molar-refractivity contribution in [3.63, 3.8) is 0 Å². The molecule has 0 radical (unpaired) electrons. The highest BCUT2D eigenvalue weighted by molar-refractivity contribution is 5.85. The lowest BCUT2D eigenvalue weighted by molar-refractivity contribution is -0.122. The van der Waals surface area contributed by atoms with Crippen molar-refractivity contribution >= 4 is 18.3 Å². The molecule has 0 aliphatic rings. The summed E-state index contributed by atoms with van der Waals surface area (Å²) in [5.74, 6) is 0.370. The van der Waals surface area contributed by atoms with Crippen LogP contribution < -0.4 is 11.1 Å². The monoisotopic (exact) mass is 270 g/mol. The summed E-state index contributed by atoms with van der Waals surface area (Å²) in [7, 11) is 0. The third kappa shape index (κ3) is 6.03. The standard InChI is InChI=1S/C14H22N2O.ClH/c1-10(2)7-13(15)14(17)16-9-12-6-4-5-11(3)8-12;/h4-6,8,10,13H,7,9,15H2,1-3H3,(H,16,17);1H/t13-;/m0./s1. The number of nitrogens with two attached hydrogens (primary N) is 1. The molecule has 1 atom stereocenters. The fourth-order valence-electron chi connectivity index (χ4n) is 1.76. The first-order valence-corrected chi connectivity index (χ1v) is 6.08. The summed E-state index contributed by atoms with van der Waals surface area (Å²) < 4.78 is 0. The van der Waals surface area contributed by atoms with Crippen molar-refractivity contribution in [3.8, 4) is 0 Å². The average molecular weight is 271 g/mol. The largest absolute Gasteiger partial charge is 0.351 e. The van der Waals surface area contributed by atoms with Crippen LogP contribution in [0.4, 0.5) is 0 Å². The van der Waals surface area contributed by atoms with Crippen molar-refractivity contribution in [1.29, 1.82) is 0 Å². The molecule has 0 fully saturated rings. The van der Waals surface area contributed by atoms with E-state index in [-0.39, 0.29) is 18.3 Å². The Labute approximate surface area is 116 Å². The smallest absolute Gasteiger partial charge is 0.237 e. The van der Waals surface area contributed by atoms with Gasteiger partial charge in [-0.2, -0.15) is 0 Å². The lowest BCUT2D eigenvalue weighted by atomic mass is 10.0. The van der Waals surface area contributed by atoms with Crippen LogP contribution in [-0.2, 0) is 11.3 Å². The van der Waals surface area contributed by atoms with Crippen LogP contribution in [0.25, 0.3) is 0 Å². The first-order valence-electron chi connectivity index (χ1n) is 6.08. The molecule has 3 nitrogen and oxygen atoms in total. The lowest BCUT2D eigenvalue weighted by Crippen LogP contribution is -2.41. The minimum absolute atomic E-state index is 0. The van der Waals surface area contributed by atoms with Crippen LogP contribution in [-0.4, -0.2) is 11.9 Å². The highest BCUT2D eigenvalue weighted by atomic mass is 35.5. The molecule has 1 rings (SSSR count). The van der Waals surface area contributed by atoms with Crippen molar-refractivity contribution in [2.24, 2.45) is 11.7 Å². The maximum absolute atomic E-state index is 11.7. The number of carbonyl (C=O) groups is 1. The van der Waals surface area contributed by atoms with Crippen LogP contribution in [0.5, 0.6) is 0 Å².